The van der Waals surface area contributed by atoms with Gasteiger partial charge in [0.15, 0.2) is 0 Å². The molecule has 6 nitrogen and oxygen atoms in total. The standard InChI is InChI=1S/C20H25N3O3.ClH/c1-15(26-14-16-5-3-7-18(11-16)25-2)20(24)23-10-9-22-13-19(23)17-6-4-8-21-12-17;/h3-8,11-12,15,19,22H,9-10,13-14H2,1-2H3;1H. The Kier molecular flexibility index (Phi) is 8.03. The summed E-state index contributed by atoms with van der Waals surface area (Å²) in [6.07, 6.45) is 3.05. The molecule has 3 rings (SSSR count). The number of ether oxygens (including phenoxy) is 2. The van der Waals surface area contributed by atoms with E-state index in [-0.39, 0.29) is 24.4 Å². The Hall–Kier alpha value is -2.15. The molecule has 7 heteroatoms. The molecule has 0 spiro atoms. The van der Waals surface area contributed by atoms with Crippen molar-refractivity contribution in [1.82, 2.24) is 15.2 Å². The molecule has 1 aliphatic heterocycles. The van der Waals surface area contributed by atoms with E-state index in [1.165, 1.54) is 0 Å². The van der Waals surface area contributed by atoms with Crippen LogP contribution in [0.15, 0.2) is 48.8 Å². The molecule has 0 aliphatic carbocycles. The molecule has 1 aromatic heterocycles. The van der Waals surface area contributed by atoms with Crippen molar-refractivity contribution in [1.29, 1.82) is 0 Å². The van der Waals surface area contributed by atoms with Gasteiger partial charge in [-0.15, -0.1) is 12.4 Å². The van der Waals surface area contributed by atoms with Crippen LogP contribution < -0.4 is 10.1 Å². The summed E-state index contributed by atoms with van der Waals surface area (Å²) in [5, 5.41) is 3.35. The Balaban J connectivity index is 0.00000261. The first-order valence-corrected chi connectivity index (χ1v) is 8.84. The molecule has 1 saturated heterocycles. The predicted molar refractivity (Wildman–Crippen MR) is 106 cm³/mol. The zero-order valence-corrected chi connectivity index (χ0v) is 16.4. The first kappa shape index (κ1) is 21.2. The summed E-state index contributed by atoms with van der Waals surface area (Å²) in [5.41, 5.74) is 2.01. The number of carbonyl (C=O) groups excluding carboxylic acids is 1. The molecule has 2 heterocycles. The third-order valence-electron chi connectivity index (χ3n) is 4.58. The van der Waals surface area contributed by atoms with E-state index in [0.717, 1.165) is 30.0 Å². The van der Waals surface area contributed by atoms with E-state index < -0.39 is 6.10 Å². The van der Waals surface area contributed by atoms with Crippen molar-refractivity contribution >= 4 is 18.3 Å². The molecule has 1 N–H and O–H groups in total. The van der Waals surface area contributed by atoms with Gasteiger partial charge in [0.2, 0.25) is 0 Å². The van der Waals surface area contributed by atoms with Gasteiger partial charge in [0.1, 0.15) is 11.9 Å². The molecular formula is C20H26ClN3O3. The number of carbonyl (C=O) groups is 1. The summed E-state index contributed by atoms with van der Waals surface area (Å²) >= 11 is 0. The minimum absolute atomic E-state index is 0. The molecule has 0 saturated carbocycles. The maximum absolute atomic E-state index is 13.0. The van der Waals surface area contributed by atoms with Gasteiger partial charge in [-0.1, -0.05) is 18.2 Å². The van der Waals surface area contributed by atoms with Gasteiger partial charge in [-0.2, -0.15) is 0 Å². The SMILES string of the molecule is COc1cccc(COC(C)C(=O)N2CCNCC2c2cccnc2)c1.Cl. The number of nitrogens with zero attached hydrogens (tertiary/aromatic N) is 2. The largest absolute Gasteiger partial charge is 0.497 e. The number of hydrogen-bond acceptors (Lipinski definition) is 5. The van der Waals surface area contributed by atoms with Crippen molar-refractivity contribution in [2.45, 2.75) is 25.7 Å². The molecule has 27 heavy (non-hydrogen) atoms. The highest BCUT2D eigenvalue weighted by Crippen LogP contribution is 2.23. The van der Waals surface area contributed by atoms with Gasteiger partial charge < -0.3 is 19.7 Å². The van der Waals surface area contributed by atoms with Gasteiger partial charge in [-0.3, -0.25) is 9.78 Å². The fourth-order valence-corrected chi connectivity index (χ4v) is 3.13. The van der Waals surface area contributed by atoms with Crippen LogP contribution in [-0.4, -0.2) is 48.6 Å². The molecule has 1 amide bonds. The number of piperazine rings is 1. The second kappa shape index (κ2) is 10.3. The van der Waals surface area contributed by atoms with Gasteiger partial charge in [0, 0.05) is 32.0 Å². The molecule has 2 atom stereocenters. The van der Waals surface area contributed by atoms with Crippen LogP contribution in [0.4, 0.5) is 0 Å². The van der Waals surface area contributed by atoms with E-state index in [0.29, 0.717) is 13.2 Å². The molecule has 0 bridgehead atoms. The highest BCUT2D eigenvalue weighted by atomic mass is 35.5. The summed E-state index contributed by atoms with van der Waals surface area (Å²) in [6, 6.07) is 11.6. The van der Waals surface area contributed by atoms with Crippen LogP contribution in [0.5, 0.6) is 5.75 Å². The summed E-state index contributed by atoms with van der Waals surface area (Å²) in [5.74, 6) is 0.784. The zero-order chi connectivity index (χ0) is 18.4. The number of hydrogen-bond donors (Lipinski definition) is 1. The van der Waals surface area contributed by atoms with Crippen molar-refractivity contribution in [2.75, 3.05) is 26.7 Å². The maximum atomic E-state index is 13.0. The summed E-state index contributed by atoms with van der Waals surface area (Å²) in [7, 11) is 1.63. The predicted octanol–water partition coefficient (Wildman–Crippen LogP) is 2.59. The highest BCUT2D eigenvalue weighted by Gasteiger charge is 2.31. The first-order valence-electron chi connectivity index (χ1n) is 8.84. The number of amides is 1. The average Bonchev–Trinajstić information content (AvgIpc) is 2.72. The number of rotatable bonds is 6. The Morgan fingerprint density at radius 3 is 2.96 bits per heavy atom. The van der Waals surface area contributed by atoms with Gasteiger partial charge in [0.25, 0.3) is 5.91 Å². The highest BCUT2D eigenvalue weighted by molar-refractivity contribution is 5.85. The number of nitrogens with one attached hydrogen (secondary N) is 1. The van der Waals surface area contributed by atoms with Crippen LogP contribution in [0.2, 0.25) is 0 Å². The normalized spacial score (nSPS) is 17.7. The van der Waals surface area contributed by atoms with Gasteiger partial charge >= 0.3 is 0 Å². The Morgan fingerprint density at radius 1 is 1.37 bits per heavy atom. The number of aromatic nitrogens is 1. The third-order valence-corrected chi connectivity index (χ3v) is 4.58. The van der Waals surface area contributed by atoms with Gasteiger partial charge in [0.05, 0.1) is 19.8 Å². The van der Waals surface area contributed by atoms with E-state index >= 15 is 0 Å². The second-order valence-electron chi connectivity index (χ2n) is 6.34. The summed E-state index contributed by atoms with van der Waals surface area (Å²) < 4.78 is 11.1. The average molecular weight is 392 g/mol. The van der Waals surface area contributed by atoms with E-state index in [1.807, 2.05) is 54.4 Å². The first-order chi connectivity index (χ1) is 12.7. The van der Waals surface area contributed by atoms with Crippen LogP contribution >= 0.6 is 12.4 Å². The molecule has 0 radical (unpaired) electrons. The molecule has 2 unspecified atom stereocenters. The quantitative estimate of drug-likeness (QED) is 0.820. The molecule has 1 fully saturated rings. The number of benzene rings is 1. The number of halogens is 1. The molecule has 146 valence electrons. The van der Waals surface area contributed by atoms with Crippen LogP contribution in [0, 0.1) is 0 Å². The van der Waals surface area contributed by atoms with E-state index in [1.54, 1.807) is 13.3 Å². The lowest BCUT2D eigenvalue weighted by Crippen LogP contribution is -2.51. The topological polar surface area (TPSA) is 63.7 Å². The fourth-order valence-electron chi connectivity index (χ4n) is 3.13. The minimum atomic E-state index is -0.515. The van der Waals surface area contributed by atoms with E-state index in [4.69, 9.17) is 9.47 Å². The fraction of sp³-hybridized carbons (Fsp3) is 0.400. The number of pyridine rings is 1. The molecular weight excluding hydrogens is 366 g/mol. The molecule has 2 aromatic rings. The van der Waals surface area contributed by atoms with E-state index in [9.17, 15) is 4.79 Å². The van der Waals surface area contributed by atoms with Crippen LogP contribution in [0.3, 0.4) is 0 Å². The second-order valence-corrected chi connectivity index (χ2v) is 6.34. The van der Waals surface area contributed by atoms with E-state index in [2.05, 4.69) is 10.3 Å². The van der Waals surface area contributed by atoms with Crippen molar-refractivity contribution in [3.05, 3.63) is 59.9 Å². The van der Waals surface area contributed by atoms with Gasteiger partial charge in [-0.05, 0) is 36.2 Å². The Labute approximate surface area is 166 Å². The lowest BCUT2D eigenvalue weighted by molar-refractivity contribution is -0.147. The third kappa shape index (κ3) is 5.42. The summed E-state index contributed by atoms with van der Waals surface area (Å²) in [4.78, 5) is 19.0. The summed E-state index contributed by atoms with van der Waals surface area (Å²) in [6.45, 7) is 4.34. The lowest BCUT2D eigenvalue weighted by atomic mass is 10.0. The smallest absolute Gasteiger partial charge is 0.252 e. The zero-order valence-electron chi connectivity index (χ0n) is 15.6. The number of methoxy groups -OCH3 is 1. The monoisotopic (exact) mass is 391 g/mol. The minimum Gasteiger partial charge on any atom is -0.497 e. The molecule has 1 aromatic carbocycles. The van der Waals surface area contributed by atoms with Crippen molar-refractivity contribution < 1.29 is 14.3 Å². The molecule has 1 aliphatic rings. The van der Waals surface area contributed by atoms with Crippen LogP contribution in [0.25, 0.3) is 0 Å². The van der Waals surface area contributed by atoms with Crippen molar-refractivity contribution in [3.63, 3.8) is 0 Å². The maximum Gasteiger partial charge on any atom is 0.252 e. The van der Waals surface area contributed by atoms with Crippen LogP contribution in [-0.2, 0) is 16.1 Å². The van der Waals surface area contributed by atoms with Gasteiger partial charge in [-0.25, -0.2) is 0 Å². The lowest BCUT2D eigenvalue weighted by Gasteiger charge is -2.37. The van der Waals surface area contributed by atoms with Crippen LogP contribution in [0.1, 0.15) is 24.1 Å². The van der Waals surface area contributed by atoms with Crippen molar-refractivity contribution in [3.8, 4) is 5.75 Å². The Bertz CT molecular complexity index is 729. The Morgan fingerprint density at radius 2 is 2.22 bits per heavy atom. The van der Waals surface area contributed by atoms with Crippen molar-refractivity contribution in [2.24, 2.45) is 0 Å².